The van der Waals surface area contributed by atoms with Gasteiger partial charge in [0, 0.05) is 12.4 Å². The predicted molar refractivity (Wildman–Crippen MR) is 46.5 cm³/mol. The topological polar surface area (TPSA) is 82.0 Å². The van der Waals surface area contributed by atoms with Gasteiger partial charge in [-0.05, 0) is 6.08 Å². The number of carboxylic acid groups (broad SMARTS) is 1. The summed E-state index contributed by atoms with van der Waals surface area (Å²) in [6.07, 6.45) is 4.63. The molecule has 0 bridgehead atoms. The fraction of sp³-hybridized carbons (Fsp3) is 0. The normalized spacial score (nSPS) is 18.0. The predicted octanol–water partition coefficient (Wildman–Crippen LogP) is -0.584. The molecule has 0 unspecified atom stereocenters. The van der Waals surface area contributed by atoms with Gasteiger partial charge in [-0.3, -0.25) is 5.43 Å². The van der Waals surface area contributed by atoms with Gasteiger partial charge in [0.1, 0.15) is 5.57 Å². The zero-order valence-electron chi connectivity index (χ0n) is 6.89. The molecule has 2 N–H and O–H groups in total. The Morgan fingerprint density at radius 3 is 3.07 bits per heavy atom. The summed E-state index contributed by atoms with van der Waals surface area (Å²) in [6.45, 7) is 0. The maximum absolute atomic E-state index is 10.8. The van der Waals surface area contributed by atoms with Crippen LogP contribution in [0.3, 0.4) is 0 Å². The van der Waals surface area contributed by atoms with E-state index in [1.807, 2.05) is 0 Å². The van der Waals surface area contributed by atoms with Crippen LogP contribution in [0.15, 0.2) is 34.4 Å². The summed E-state index contributed by atoms with van der Waals surface area (Å²) in [5.74, 6) is 0.504. The average molecular weight is 191 g/mol. The van der Waals surface area contributed by atoms with Crippen molar-refractivity contribution in [1.29, 1.82) is 0 Å². The zero-order chi connectivity index (χ0) is 10.1. The molecule has 0 aromatic carbocycles. The summed E-state index contributed by atoms with van der Waals surface area (Å²) in [4.78, 5) is 25.1. The van der Waals surface area contributed by atoms with Crippen LogP contribution in [-0.4, -0.2) is 28.2 Å². The Balaban J connectivity index is 2.59. The Labute approximate surface area is 78.5 Å². The molecule has 0 aromatic rings. The highest BCUT2D eigenvalue weighted by Crippen LogP contribution is 2.24. The van der Waals surface area contributed by atoms with Gasteiger partial charge in [-0.25, -0.2) is 19.6 Å². The first kappa shape index (κ1) is 8.28. The average Bonchev–Trinajstić information content (AvgIpc) is 2.55. The third-order valence-corrected chi connectivity index (χ3v) is 1.77. The molecule has 0 fully saturated rings. The first-order valence-corrected chi connectivity index (χ1v) is 3.74. The van der Waals surface area contributed by atoms with Gasteiger partial charge in [-0.2, -0.15) is 0 Å². The lowest BCUT2D eigenvalue weighted by Crippen LogP contribution is -2.26. The van der Waals surface area contributed by atoms with E-state index in [0.29, 0.717) is 0 Å². The Bertz CT molecular complexity index is 441. The van der Waals surface area contributed by atoms with Crippen LogP contribution in [-0.2, 0) is 9.59 Å². The minimum absolute atomic E-state index is 0.115. The van der Waals surface area contributed by atoms with Crippen molar-refractivity contribution in [3.05, 3.63) is 29.4 Å². The second-order valence-electron chi connectivity index (χ2n) is 2.58. The van der Waals surface area contributed by atoms with Crippen LogP contribution in [0.25, 0.3) is 0 Å². The number of allylic oxidation sites excluding steroid dienone is 1. The summed E-state index contributed by atoms with van der Waals surface area (Å²) >= 11 is 0. The number of carboxylic acids is 1. The molecule has 0 saturated carbocycles. The molecule has 70 valence electrons. The summed E-state index contributed by atoms with van der Waals surface area (Å²) < 4.78 is 0. The van der Waals surface area contributed by atoms with Crippen LogP contribution in [0.1, 0.15) is 0 Å². The van der Waals surface area contributed by atoms with Crippen molar-refractivity contribution in [2.75, 3.05) is 0 Å². The zero-order valence-corrected chi connectivity index (χ0v) is 6.89. The molecule has 14 heavy (non-hydrogen) atoms. The van der Waals surface area contributed by atoms with E-state index >= 15 is 0 Å². The number of nitrogens with one attached hydrogen (secondary N) is 1. The Hall–Kier alpha value is -2.33. The monoisotopic (exact) mass is 191 g/mol. The molecule has 6 heteroatoms. The first-order chi connectivity index (χ1) is 6.74. The third kappa shape index (κ3) is 1.02. The number of hydrogen-bond donors (Lipinski definition) is 2. The summed E-state index contributed by atoms with van der Waals surface area (Å²) in [6, 6.07) is 0. The first-order valence-electron chi connectivity index (χ1n) is 3.74. The second-order valence-corrected chi connectivity index (χ2v) is 2.58. The standard InChI is InChI=1S/C8H5N3O3/c12-4-5-6(8(13)14)7-9-2-1-3-11(7)10-5/h1-3,10H,(H,13,14). The molecule has 0 saturated heterocycles. The fourth-order valence-electron chi connectivity index (χ4n) is 1.21. The number of nitrogens with zero attached hydrogens (tertiary/aromatic N) is 2. The van der Waals surface area contributed by atoms with Gasteiger partial charge in [0.2, 0.25) is 0 Å². The largest absolute Gasteiger partial charge is 0.477 e. The van der Waals surface area contributed by atoms with E-state index in [1.54, 1.807) is 12.3 Å². The number of aliphatic carboxylic acids is 1. The van der Waals surface area contributed by atoms with Crippen molar-refractivity contribution in [3.8, 4) is 0 Å². The molecule has 0 atom stereocenters. The molecular weight excluding hydrogens is 186 g/mol. The van der Waals surface area contributed by atoms with Gasteiger partial charge in [0.05, 0.1) is 0 Å². The van der Waals surface area contributed by atoms with Gasteiger partial charge in [0.25, 0.3) is 0 Å². The molecule has 2 aliphatic rings. The number of aliphatic imine (C=N–C) groups is 1. The van der Waals surface area contributed by atoms with Crippen molar-refractivity contribution >= 4 is 18.1 Å². The van der Waals surface area contributed by atoms with E-state index < -0.39 is 5.97 Å². The molecule has 0 aliphatic carbocycles. The van der Waals surface area contributed by atoms with E-state index in [0.717, 1.165) is 0 Å². The number of fused-ring (bicyclic) bond motifs is 1. The van der Waals surface area contributed by atoms with Crippen LogP contribution >= 0.6 is 0 Å². The van der Waals surface area contributed by atoms with E-state index in [-0.39, 0.29) is 17.1 Å². The quantitative estimate of drug-likeness (QED) is 0.541. The van der Waals surface area contributed by atoms with Crippen LogP contribution < -0.4 is 5.43 Å². The van der Waals surface area contributed by atoms with Crippen LogP contribution in [0.2, 0.25) is 0 Å². The van der Waals surface area contributed by atoms with Crippen molar-refractivity contribution in [2.45, 2.75) is 0 Å². The lowest BCUT2D eigenvalue weighted by Gasteiger charge is -2.15. The number of carbonyl (C=O) groups excluding carboxylic acids is 1. The van der Waals surface area contributed by atoms with Gasteiger partial charge < -0.3 is 5.11 Å². The number of hydrogen-bond acceptors (Lipinski definition) is 5. The van der Waals surface area contributed by atoms with Gasteiger partial charge >= 0.3 is 5.97 Å². The summed E-state index contributed by atoms with van der Waals surface area (Å²) in [5, 5.41) is 10.2. The molecular formula is C8H5N3O3. The van der Waals surface area contributed by atoms with Crippen molar-refractivity contribution in [3.63, 3.8) is 0 Å². The molecule has 0 spiro atoms. The number of rotatable bonds is 1. The molecule has 0 aromatic heterocycles. The van der Waals surface area contributed by atoms with Crippen molar-refractivity contribution in [2.24, 2.45) is 4.99 Å². The van der Waals surface area contributed by atoms with Gasteiger partial charge in [0.15, 0.2) is 17.5 Å². The Morgan fingerprint density at radius 1 is 1.64 bits per heavy atom. The number of carbonyl (C=O) groups is 1. The van der Waals surface area contributed by atoms with E-state index in [4.69, 9.17) is 5.11 Å². The molecule has 0 amide bonds. The van der Waals surface area contributed by atoms with Crippen LogP contribution in [0, 0.1) is 0 Å². The second kappa shape index (κ2) is 2.86. The van der Waals surface area contributed by atoms with Crippen LogP contribution in [0.5, 0.6) is 0 Å². The lowest BCUT2D eigenvalue weighted by molar-refractivity contribution is -0.132. The minimum Gasteiger partial charge on any atom is -0.477 e. The molecule has 2 aliphatic heterocycles. The Morgan fingerprint density at radius 2 is 2.43 bits per heavy atom. The number of hydrazine groups is 1. The van der Waals surface area contributed by atoms with Crippen molar-refractivity contribution in [1.82, 2.24) is 10.4 Å². The van der Waals surface area contributed by atoms with Gasteiger partial charge in [-0.15, -0.1) is 0 Å². The SMILES string of the molecule is O=C=C1NN2C=CC=NC2=C1C(=O)O. The maximum Gasteiger partial charge on any atom is 0.342 e. The molecule has 2 heterocycles. The van der Waals surface area contributed by atoms with Crippen molar-refractivity contribution < 1.29 is 14.7 Å². The van der Waals surface area contributed by atoms with E-state index in [2.05, 4.69) is 10.4 Å². The van der Waals surface area contributed by atoms with Crippen LogP contribution in [0.4, 0.5) is 0 Å². The van der Waals surface area contributed by atoms with E-state index in [1.165, 1.54) is 17.2 Å². The highest BCUT2D eigenvalue weighted by molar-refractivity contribution is 5.97. The minimum atomic E-state index is -1.21. The van der Waals surface area contributed by atoms with E-state index in [9.17, 15) is 9.59 Å². The smallest absolute Gasteiger partial charge is 0.342 e. The summed E-state index contributed by atoms with van der Waals surface area (Å²) in [7, 11) is 0. The lowest BCUT2D eigenvalue weighted by atomic mass is 10.2. The molecule has 0 radical (unpaired) electrons. The molecule has 2 rings (SSSR count). The highest BCUT2D eigenvalue weighted by atomic mass is 16.4. The Kier molecular flexibility index (Phi) is 1.69. The highest BCUT2D eigenvalue weighted by Gasteiger charge is 2.31. The summed E-state index contributed by atoms with van der Waals surface area (Å²) in [5.41, 5.74) is 2.26. The maximum atomic E-state index is 10.8. The van der Waals surface area contributed by atoms with Gasteiger partial charge in [-0.1, -0.05) is 0 Å². The molecule has 6 nitrogen and oxygen atoms in total. The fourth-order valence-corrected chi connectivity index (χ4v) is 1.21. The third-order valence-electron chi connectivity index (χ3n) is 1.77.